The van der Waals surface area contributed by atoms with Gasteiger partial charge in [-0.15, -0.1) is 10.2 Å². The maximum atomic E-state index is 11.8. The number of urea groups is 1. The number of rotatable bonds is 2. The van der Waals surface area contributed by atoms with E-state index < -0.39 is 0 Å². The second-order valence-corrected chi connectivity index (χ2v) is 4.41. The molecule has 3 heterocycles. The van der Waals surface area contributed by atoms with Crippen LogP contribution in [0.5, 0.6) is 0 Å². The van der Waals surface area contributed by atoms with E-state index in [4.69, 9.17) is 4.42 Å². The zero-order valence-corrected chi connectivity index (χ0v) is 9.54. The standard InChI is InChI=1S/C10H14N4O3/c1-2-8-11-12-9(17-8)7-4-3-6-5-13(7)10(15)14(6)16/h6-7,16H,2-5H2,1H3/t6-,7-/m0/s1. The van der Waals surface area contributed by atoms with Crippen LogP contribution in [-0.2, 0) is 6.42 Å². The highest BCUT2D eigenvalue weighted by Gasteiger charge is 2.46. The molecule has 0 spiro atoms. The lowest BCUT2D eigenvalue weighted by atomic mass is 10.0. The Labute approximate surface area is 98.0 Å². The highest BCUT2D eigenvalue weighted by atomic mass is 16.5. The molecule has 1 aromatic heterocycles. The zero-order valence-electron chi connectivity index (χ0n) is 9.54. The van der Waals surface area contributed by atoms with Crippen LogP contribution in [-0.4, -0.2) is 44.0 Å². The van der Waals surface area contributed by atoms with Crippen LogP contribution in [0.3, 0.4) is 0 Å². The predicted molar refractivity (Wildman–Crippen MR) is 55.2 cm³/mol. The number of nitrogens with zero attached hydrogens (tertiary/aromatic N) is 4. The van der Waals surface area contributed by atoms with Crippen molar-refractivity contribution >= 4 is 6.03 Å². The number of aromatic nitrogens is 2. The van der Waals surface area contributed by atoms with Crippen molar-refractivity contribution < 1.29 is 14.4 Å². The molecule has 0 aliphatic carbocycles. The van der Waals surface area contributed by atoms with E-state index in [0.717, 1.165) is 17.9 Å². The molecule has 0 radical (unpaired) electrons. The Balaban J connectivity index is 1.87. The number of hydrogen-bond donors (Lipinski definition) is 1. The van der Waals surface area contributed by atoms with E-state index in [2.05, 4.69) is 10.2 Å². The summed E-state index contributed by atoms with van der Waals surface area (Å²) in [6.07, 6.45) is 2.19. The van der Waals surface area contributed by atoms with Gasteiger partial charge in [-0.05, 0) is 12.8 Å². The third-order valence-electron chi connectivity index (χ3n) is 3.41. The van der Waals surface area contributed by atoms with Gasteiger partial charge in [0.25, 0.3) is 0 Å². The summed E-state index contributed by atoms with van der Waals surface area (Å²) >= 11 is 0. The van der Waals surface area contributed by atoms with Crippen molar-refractivity contribution in [3.8, 4) is 0 Å². The molecule has 2 fully saturated rings. The fourth-order valence-electron chi connectivity index (χ4n) is 2.45. The number of carbonyl (C=O) groups is 1. The van der Waals surface area contributed by atoms with Gasteiger partial charge >= 0.3 is 6.03 Å². The lowest BCUT2D eigenvalue weighted by Crippen LogP contribution is -2.34. The average Bonchev–Trinajstić information content (AvgIpc) is 2.91. The first-order valence-electron chi connectivity index (χ1n) is 5.81. The molecular formula is C10H14N4O3. The Morgan fingerprint density at radius 2 is 2.29 bits per heavy atom. The lowest BCUT2D eigenvalue weighted by molar-refractivity contribution is -0.0584. The van der Waals surface area contributed by atoms with E-state index in [-0.39, 0.29) is 18.1 Å². The van der Waals surface area contributed by atoms with Crippen molar-refractivity contribution in [1.29, 1.82) is 0 Å². The summed E-state index contributed by atoms with van der Waals surface area (Å²) in [6.45, 7) is 2.47. The van der Waals surface area contributed by atoms with Gasteiger partial charge in [0.15, 0.2) is 0 Å². The zero-order chi connectivity index (χ0) is 12.0. The average molecular weight is 238 g/mol. The van der Waals surface area contributed by atoms with Gasteiger partial charge in [0.05, 0.1) is 6.04 Å². The Morgan fingerprint density at radius 3 is 3.00 bits per heavy atom. The highest BCUT2D eigenvalue weighted by Crippen LogP contribution is 2.36. The van der Waals surface area contributed by atoms with Crippen molar-refractivity contribution in [2.75, 3.05) is 6.54 Å². The first-order valence-corrected chi connectivity index (χ1v) is 5.81. The summed E-state index contributed by atoms with van der Waals surface area (Å²) in [5, 5.41) is 18.3. The molecule has 2 amide bonds. The van der Waals surface area contributed by atoms with E-state index in [1.807, 2.05) is 6.92 Å². The maximum Gasteiger partial charge on any atom is 0.344 e. The first-order chi connectivity index (χ1) is 8.20. The Bertz CT molecular complexity index is 447. The van der Waals surface area contributed by atoms with E-state index >= 15 is 0 Å². The Kier molecular flexibility index (Phi) is 2.29. The normalized spacial score (nSPS) is 28.0. The molecule has 17 heavy (non-hydrogen) atoms. The van der Waals surface area contributed by atoms with Gasteiger partial charge in [-0.2, -0.15) is 0 Å². The molecule has 0 aromatic carbocycles. The molecule has 3 rings (SSSR count). The van der Waals surface area contributed by atoms with Gasteiger partial charge in [0, 0.05) is 13.0 Å². The fraction of sp³-hybridized carbons (Fsp3) is 0.700. The van der Waals surface area contributed by atoms with E-state index in [1.165, 1.54) is 0 Å². The largest absolute Gasteiger partial charge is 0.423 e. The van der Waals surface area contributed by atoms with Crippen molar-refractivity contribution in [3.05, 3.63) is 11.8 Å². The second-order valence-electron chi connectivity index (χ2n) is 4.41. The van der Waals surface area contributed by atoms with Crippen LogP contribution in [0.15, 0.2) is 4.42 Å². The number of piperidine rings is 1. The van der Waals surface area contributed by atoms with E-state index in [9.17, 15) is 10.0 Å². The Hall–Kier alpha value is -1.63. The van der Waals surface area contributed by atoms with Crippen molar-refractivity contribution in [3.63, 3.8) is 0 Å². The quantitative estimate of drug-likeness (QED) is 0.776. The van der Waals surface area contributed by atoms with Gasteiger partial charge in [0.1, 0.15) is 6.04 Å². The van der Waals surface area contributed by atoms with Crippen LogP contribution < -0.4 is 0 Å². The van der Waals surface area contributed by atoms with E-state index in [1.54, 1.807) is 4.90 Å². The third-order valence-corrected chi connectivity index (χ3v) is 3.41. The van der Waals surface area contributed by atoms with Crippen LogP contribution in [0, 0.1) is 0 Å². The van der Waals surface area contributed by atoms with Gasteiger partial charge in [0.2, 0.25) is 11.8 Å². The van der Waals surface area contributed by atoms with Crippen LogP contribution in [0.1, 0.15) is 37.6 Å². The minimum atomic E-state index is -0.367. The minimum absolute atomic E-state index is 0.0904. The molecule has 2 bridgehead atoms. The molecule has 2 saturated heterocycles. The van der Waals surface area contributed by atoms with Crippen LogP contribution in [0.4, 0.5) is 4.79 Å². The van der Waals surface area contributed by atoms with Crippen LogP contribution in [0.2, 0.25) is 0 Å². The van der Waals surface area contributed by atoms with Gasteiger partial charge in [-0.1, -0.05) is 6.92 Å². The third kappa shape index (κ3) is 1.49. The topological polar surface area (TPSA) is 82.7 Å². The summed E-state index contributed by atoms with van der Waals surface area (Å²) in [6, 6.07) is -0.648. The molecule has 2 aliphatic heterocycles. The smallest absolute Gasteiger partial charge is 0.344 e. The predicted octanol–water partition coefficient (Wildman–Crippen LogP) is 0.962. The molecule has 92 valence electrons. The fourth-order valence-corrected chi connectivity index (χ4v) is 2.45. The van der Waals surface area contributed by atoms with Crippen molar-refractivity contribution in [2.45, 2.75) is 38.3 Å². The number of fused-ring (bicyclic) bond motifs is 2. The van der Waals surface area contributed by atoms with E-state index in [0.29, 0.717) is 24.7 Å². The van der Waals surface area contributed by atoms with Crippen molar-refractivity contribution in [1.82, 2.24) is 20.2 Å². The summed E-state index contributed by atoms with van der Waals surface area (Å²) in [4.78, 5) is 13.4. The molecule has 1 aromatic rings. The van der Waals surface area contributed by atoms with Crippen LogP contribution >= 0.6 is 0 Å². The molecule has 7 nitrogen and oxygen atoms in total. The summed E-state index contributed by atoms with van der Waals surface area (Å²) in [5.41, 5.74) is 0. The summed E-state index contributed by atoms with van der Waals surface area (Å²) < 4.78 is 5.49. The maximum absolute atomic E-state index is 11.8. The van der Waals surface area contributed by atoms with Gasteiger partial charge in [-0.3, -0.25) is 5.21 Å². The SMILES string of the molecule is CCc1nnc([C@@H]2CC[C@H]3CN2C(=O)N3O)o1. The van der Waals surface area contributed by atoms with Crippen molar-refractivity contribution in [2.24, 2.45) is 0 Å². The minimum Gasteiger partial charge on any atom is -0.423 e. The highest BCUT2D eigenvalue weighted by molar-refractivity contribution is 5.76. The second kappa shape index (κ2) is 3.69. The number of hydroxylamine groups is 2. The van der Waals surface area contributed by atoms with Gasteiger partial charge in [-0.25, -0.2) is 9.86 Å². The van der Waals surface area contributed by atoms with Crippen LogP contribution in [0.25, 0.3) is 0 Å². The monoisotopic (exact) mass is 238 g/mol. The molecule has 2 atom stereocenters. The molecular weight excluding hydrogens is 224 g/mol. The number of hydrogen-bond acceptors (Lipinski definition) is 5. The number of carbonyl (C=O) groups excluding carboxylic acids is 1. The Morgan fingerprint density at radius 1 is 1.47 bits per heavy atom. The lowest BCUT2D eigenvalue weighted by Gasteiger charge is -2.27. The molecule has 1 N–H and O–H groups in total. The first kappa shape index (κ1) is 10.5. The molecule has 7 heteroatoms. The summed E-state index contributed by atoms with van der Waals surface area (Å²) in [7, 11) is 0. The molecule has 0 unspecified atom stereocenters. The number of amides is 2. The summed E-state index contributed by atoms with van der Waals surface area (Å²) in [5.74, 6) is 1.05. The molecule has 2 aliphatic rings. The van der Waals surface area contributed by atoms with Gasteiger partial charge < -0.3 is 9.32 Å². The molecule has 0 saturated carbocycles. The number of aryl methyl sites for hydroxylation is 1.